The second-order valence-corrected chi connectivity index (χ2v) is 9.14. The van der Waals surface area contributed by atoms with Crippen LogP contribution in [-0.4, -0.2) is 5.78 Å². The second-order valence-electron chi connectivity index (χ2n) is 9.14. The molecule has 3 rings (SSSR count). The largest absolute Gasteiger partial charge is 0.289 e. The average Bonchev–Trinajstić information content (AvgIpc) is 2.68. The SMILES string of the molecule is CC(C)(C)c1cccc(C(C)(C)C)c1.O=C(c1ccccc1)c1ccccc1. The van der Waals surface area contributed by atoms with E-state index in [-0.39, 0.29) is 16.6 Å². The van der Waals surface area contributed by atoms with E-state index >= 15 is 0 Å². The normalized spacial score (nSPS) is 11.4. The number of benzene rings is 3. The third kappa shape index (κ3) is 6.20. The summed E-state index contributed by atoms with van der Waals surface area (Å²) in [5.41, 5.74) is 4.81. The van der Waals surface area contributed by atoms with Gasteiger partial charge in [0.2, 0.25) is 0 Å². The number of hydrogen-bond donors (Lipinski definition) is 0. The minimum Gasteiger partial charge on any atom is -0.289 e. The Morgan fingerprint density at radius 1 is 0.536 bits per heavy atom. The van der Waals surface area contributed by atoms with Gasteiger partial charge in [-0.05, 0) is 22.0 Å². The molecule has 146 valence electrons. The van der Waals surface area contributed by atoms with Crippen molar-refractivity contribution in [2.45, 2.75) is 52.4 Å². The standard InChI is InChI=1S/C14H22.C13H10O/c1-13(2,3)11-8-7-9-12(10-11)14(4,5)6;14-13(11-7-3-1-4-8-11)12-9-5-2-6-10-12/h7-10H,1-6H3;1-10H. The number of carbonyl (C=O) groups is 1. The van der Waals surface area contributed by atoms with Crippen LogP contribution in [0.5, 0.6) is 0 Å². The molecule has 0 N–H and O–H groups in total. The lowest BCUT2D eigenvalue weighted by Crippen LogP contribution is -2.15. The van der Waals surface area contributed by atoms with Crippen LogP contribution in [0.3, 0.4) is 0 Å². The van der Waals surface area contributed by atoms with Crippen molar-refractivity contribution in [2.75, 3.05) is 0 Å². The summed E-state index contributed by atoms with van der Waals surface area (Å²) in [6, 6.07) is 27.5. The maximum Gasteiger partial charge on any atom is 0.193 e. The zero-order valence-corrected chi connectivity index (χ0v) is 18.0. The maximum absolute atomic E-state index is 11.8. The third-order valence-corrected chi connectivity index (χ3v) is 4.67. The number of hydrogen-bond acceptors (Lipinski definition) is 1. The van der Waals surface area contributed by atoms with Crippen molar-refractivity contribution >= 4 is 5.78 Å². The topological polar surface area (TPSA) is 17.1 Å². The predicted octanol–water partition coefficient (Wildman–Crippen LogP) is 7.20. The molecular formula is C27H32O. The molecule has 0 saturated heterocycles. The fourth-order valence-corrected chi connectivity index (χ4v) is 2.80. The highest BCUT2D eigenvalue weighted by Crippen LogP contribution is 2.28. The van der Waals surface area contributed by atoms with E-state index in [1.807, 2.05) is 60.7 Å². The van der Waals surface area contributed by atoms with Gasteiger partial charge in [0.25, 0.3) is 0 Å². The van der Waals surface area contributed by atoms with Gasteiger partial charge in [-0.25, -0.2) is 0 Å². The highest BCUT2D eigenvalue weighted by Gasteiger charge is 2.18. The zero-order chi connectivity index (χ0) is 20.8. The number of carbonyl (C=O) groups excluding carboxylic acids is 1. The molecule has 0 unspecified atom stereocenters. The molecule has 3 aromatic carbocycles. The molecule has 0 aliphatic heterocycles. The van der Waals surface area contributed by atoms with Crippen molar-refractivity contribution in [2.24, 2.45) is 0 Å². The molecule has 0 saturated carbocycles. The first-order valence-electron chi connectivity index (χ1n) is 9.85. The molecule has 0 aliphatic carbocycles. The lowest BCUT2D eigenvalue weighted by atomic mass is 9.81. The molecule has 0 amide bonds. The first kappa shape index (κ1) is 21.6. The summed E-state index contributed by atoms with van der Waals surface area (Å²) < 4.78 is 0. The van der Waals surface area contributed by atoms with Crippen LogP contribution < -0.4 is 0 Å². The van der Waals surface area contributed by atoms with E-state index in [4.69, 9.17) is 0 Å². The van der Waals surface area contributed by atoms with Gasteiger partial charge in [0.1, 0.15) is 0 Å². The molecular weight excluding hydrogens is 340 g/mol. The molecule has 1 nitrogen and oxygen atoms in total. The van der Waals surface area contributed by atoms with Crippen molar-refractivity contribution in [1.82, 2.24) is 0 Å². The summed E-state index contributed by atoms with van der Waals surface area (Å²) in [4.78, 5) is 11.8. The van der Waals surface area contributed by atoms with Crippen LogP contribution in [0.25, 0.3) is 0 Å². The maximum atomic E-state index is 11.8. The van der Waals surface area contributed by atoms with Crippen LogP contribution in [0.15, 0.2) is 84.9 Å². The van der Waals surface area contributed by atoms with Gasteiger partial charge < -0.3 is 0 Å². The summed E-state index contributed by atoms with van der Waals surface area (Å²) in [5, 5.41) is 0. The first-order valence-corrected chi connectivity index (χ1v) is 9.85. The van der Waals surface area contributed by atoms with E-state index in [0.29, 0.717) is 0 Å². The van der Waals surface area contributed by atoms with E-state index < -0.39 is 0 Å². The molecule has 3 aromatic rings. The van der Waals surface area contributed by atoms with Crippen LogP contribution in [-0.2, 0) is 10.8 Å². The van der Waals surface area contributed by atoms with Gasteiger partial charge in [-0.2, -0.15) is 0 Å². The second kappa shape index (κ2) is 9.01. The van der Waals surface area contributed by atoms with Gasteiger partial charge in [-0.15, -0.1) is 0 Å². The van der Waals surface area contributed by atoms with Crippen LogP contribution in [0.4, 0.5) is 0 Å². The van der Waals surface area contributed by atoms with E-state index in [0.717, 1.165) is 11.1 Å². The summed E-state index contributed by atoms with van der Waals surface area (Å²) >= 11 is 0. The fraction of sp³-hybridized carbons (Fsp3) is 0.296. The van der Waals surface area contributed by atoms with Crippen molar-refractivity contribution in [3.63, 3.8) is 0 Å². The Labute approximate surface area is 170 Å². The van der Waals surface area contributed by atoms with Gasteiger partial charge in [0.05, 0.1) is 0 Å². The first-order chi connectivity index (χ1) is 13.1. The van der Waals surface area contributed by atoms with Crippen LogP contribution in [0.1, 0.15) is 68.6 Å². The minimum atomic E-state index is 0.0752. The Kier molecular flexibility index (Phi) is 6.96. The summed E-state index contributed by atoms with van der Waals surface area (Å²) in [6.45, 7) is 13.6. The smallest absolute Gasteiger partial charge is 0.193 e. The highest BCUT2D eigenvalue weighted by molar-refractivity contribution is 6.08. The van der Waals surface area contributed by atoms with E-state index in [1.54, 1.807) is 0 Å². The Bertz CT molecular complexity index is 808. The predicted molar refractivity (Wildman–Crippen MR) is 120 cm³/mol. The summed E-state index contributed by atoms with van der Waals surface area (Å²) in [5.74, 6) is 0.0752. The molecule has 0 fully saturated rings. The van der Waals surface area contributed by atoms with Gasteiger partial charge in [-0.3, -0.25) is 4.79 Å². The van der Waals surface area contributed by atoms with Crippen LogP contribution in [0.2, 0.25) is 0 Å². The highest BCUT2D eigenvalue weighted by atomic mass is 16.1. The molecule has 0 atom stereocenters. The van der Waals surface area contributed by atoms with Crippen LogP contribution >= 0.6 is 0 Å². The Hall–Kier alpha value is -2.67. The van der Waals surface area contributed by atoms with E-state index in [9.17, 15) is 4.79 Å². The molecule has 0 spiro atoms. The summed E-state index contributed by atoms with van der Waals surface area (Å²) in [7, 11) is 0. The van der Waals surface area contributed by atoms with Crippen molar-refractivity contribution in [1.29, 1.82) is 0 Å². The lowest BCUT2D eigenvalue weighted by Gasteiger charge is -2.24. The van der Waals surface area contributed by atoms with E-state index in [1.165, 1.54) is 11.1 Å². The van der Waals surface area contributed by atoms with Crippen molar-refractivity contribution in [3.05, 3.63) is 107 Å². The minimum absolute atomic E-state index is 0.0752. The fourth-order valence-electron chi connectivity index (χ4n) is 2.80. The van der Waals surface area contributed by atoms with Gasteiger partial charge in [0.15, 0.2) is 5.78 Å². The number of rotatable bonds is 2. The van der Waals surface area contributed by atoms with Gasteiger partial charge >= 0.3 is 0 Å². The van der Waals surface area contributed by atoms with Crippen molar-refractivity contribution in [3.8, 4) is 0 Å². The monoisotopic (exact) mass is 372 g/mol. The molecule has 0 bridgehead atoms. The Balaban J connectivity index is 0.000000200. The molecule has 0 aromatic heterocycles. The zero-order valence-electron chi connectivity index (χ0n) is 18.0. The molecule has 28 heavy (non-hydrogen) atoms. The molecule has 1 heteroatoms. The third-order valence-electron chi connectivity index (χ3n) is 4.67. The van der Waals surface area contributed by atoms with Crippen LogP contribution in [0, 0.1) is 0 Å². The summed E-state index contributed by atoms with van der Waals surface area (Å²) in [6.07, 6.45) is 0. The lowest BCUT2D eigenvalue weighted by molar-refractivity contribution is 0.103. The van der Waals surface area contributed by atoms with E-state index in [2.05, 4.69) is 65.8 Å². The quantitative estimate of drug-likeness (QED) is 0.435. The molecule has 0 heterocycles. The average molecular weight is 373 g/mol. The Morgan fingerprint density at radius 3 is 1.21 bits per heavy atom. The van der Waals surface area contributed by atoms with Crippen molar-refractivity contribution < 1.29 is 4.79 Å². The van der Waals surface area contributed by atoms with Gasteiger partial charge in [-0.1, -0.05) is 126 Å². The number of ketones is 1. The Morgan fingerprint density at radius 2 is 0.893 bits per heavy atom. The molecule has 0 radical (unpaired) electrons. The molecule has 0 aliphatic rings. The van der Waals surface area contributed by atoms with Gasteiger partial charge in [0, 0.05) is 11.1 Å².